The molecule has 10 nitrogen and oxygen atoms in total. The molecule has 0 aromatic carbocycles. The van der Waals surface area contributed by atoms with Crippen LogP contribution >= 0.6 is 0 Å². The number of aliphatic hydroxyl groups excluding tert-OH is 2. The molecule has 1 saturated carbocycles. The number of nitrogen functional groups attached to an aromatic ring is 1. The summed E-state index contributed by atoms with van der Waals surface area (Å²) in [6.45, 7) is 1.65. The SMILES string of the molecule is CC1(OC(=O)OC[C@H]2O[C@@H](c3ccc4c(N)ncnn34)[C@H](O)[C@@H]2O)CCCC1. The first-order chi connectivity index (χ1) is 13.4. The van der Waals surface area contributed by atoms with Crippen molar-refractivity contribution in [2.24, 2.45) is 0 Å². The van der Waals surface area contributed by atoms with Crippen molar-refractivity contribution in [1.82, 2.24) is 14.6 Å². The quantitative estimate of drug-likeness (QED) is 0.649. The summed E-state index contributed by atoms with van der Waals surface area (Å²) in [5.41, 5.74) is 6.40. The van der Waals surface area contributed by atoms with Crippen molar-refractivity contribution in [2.75, 3.05) is 12.3 Å². The summed E-state index contributed by atoms with van der Waals surface area (Å²) in [6, 6.07) is 3.40. The Kier molecular flexibility index (Phi) is 4.86. The fourth-order valence-electron chi connectivity index (χ4n) is 3.93. The van der Waals surface area contributed by atoms with Crippen LogP contribution in [0.15, 0.2) is 18.5 Å². The zero-order chi connectivity index (χ0) is 19.9. The molecule has 0 unspecified atom stereocenters. The lowest BCUT2D eigenvalue weighted by Crippen LogP contribution is -2.35. The molecule has 4 atom stereocenters. The van der Waals surface area contributed by atoms with Gasteiger partial charge in [0.15, 0.2) is 5.82 Å². The van der Waals surface area contributed by atoms with Crippen LogP contribution in [0.2, 0.25) is 0 Å². The van der Waals surface area contributed by atoms with Gasteiger partial charge in [-0.3, -0.25) is 0 Å². The summed E-state index contributed by atoms with van der Waals surface area (Å²) in [7, 11) is 0. The lowest BCUT2D eigenvalue weighted by molar-refractivity contribution is -0.0630. The highest BCUT2D eigenvalue weighted by Gasteiger charge is 2.45. The maximum absolute atomic E-state index is 12.0. The Morgan fingerprint density at radius 3 is 2.86 bits per heavy atom. The standard InChI is InChI=1S/C18H24N4O6/c1-18(6-2-3-7-18)28-17(25)26-8-12-13(23)14(24)15(27-12)10-4-5-11-16(19)20-9-21-22(10)11/h4-5,9,12-15,23-24H,2-3,6-8H2,1H3,(H2,19,20,21)/t12-,13-,14-,15+/m1/s1. The van der Waals surface area contributed by atoms with Crippen molar-refractivity contribution < 1.29 is 29.2 Å². The predicted molar refractivity (Wildman–Crippen MR) is 96.3 cm³/mol. The Labute approximate surface area is 161 Å². The molecule has 2 fully saturated rings. The second kappa shape index (κ2) is 7.19. The number of aromatic nitrogens is 3. The molecule has 2 aliphatic rings. The van der Waals surface area contributed by atoms with E-state index in [9.17, 15) is 15.0 Å². The molecule has 0 spiro atoms. The highest BCUT2D eigenvalue weighted by atomic mass is 16.7. The fraction of sp³-hybridized carbons (Fsp3) is 0.611. The van der Waals surface area contributed by atoms with E-state index in [2.05, 4.69) is 10.1 Å². The van der Waals surface area contributed by atoms with Gasteiger partial charge in [-0.2, -0.15) is 5.10 Å². The highest BCUT2D eigenvalue weighted by Crippen LogP contribution is 2.35. The van der Waals surface area contributed by atoms with Crippen LogP contribution in [-0.2, 0) is 14.2 Å². The van der Waals surface area contributed by atoms with Gasteiger partial charge in [0, 0.05) is 0 Å². The lowest BCUT2D eigenvalue weighted by Gasteiger charge is -2.24. The number of carbonyl (C=O) groups is 1. The van der Waals surface area contributed by atoms with Crippen LogP contribution in [-0.4, -0.2) is 61.5 Å². The number of anilines is 1. The van der Waals surface area contributed by atoms with Gasteiger partial charge in [0.25, 0.3) is 0 Å². The molecule has 0 radical (unpaired) electrons. The first-order valence-corrected chi connectivity index (χ1v) is 9.33. The number of hydrogen-bond acceptors (Lipinski definition) is 9. The van der Waals surface area contributed by atoms with Crippen LogP contribution in [0, 0.1) is 0 Å². The molecule has 0 amide bonds. The maximum Gasteiger partial charge on any atom is 0.508 e. The molecule has 2 aromatic heterocycles. The molecule has 4 N–H and O–H groups in total. The van der Waals surface area contributed by atoms with E-state index in [1.165, 1.54) is 10.8 Å². The number of fused-ring (bicyclic) bond motifs is 1. The summed E-state index contributed by atoms with van der Waals surface area (Å²) in [4.78, 5) is 15.9. The van der Waals surface area contributed by atoms with Gasteiger partial charge in [0.1, 0.15) is 48.5 Å². The molecule has 28 heavy (non-hydrogen) atoms. The van der Waals surface area contributed by atoms with Crippen LogP contribution < -0.4 is 5.73 Å². The van der Waals surface area contributed by atoms with Crippen LogP contribution in [0.25, 0.3) is 5.52 Å². The lowest BCUT2D eigenvalue weighted by atomic mass is 10.1. The maximum atomic E-state index is 12.0. The summed E-state index contributed by atoms with van der Waals surface area (Å²) >= 11 is 0. The average Bonchev–Trinajstić information content (AvgIpc) is 3.34. The zero-order valence-electron chi connectivity index (χ0n) is 15.5. The Bertz CT molecular complexity index is 865. The summed E-state index contributed by atoms with van der Waals surface area (Å²) in [5.74, 6) is 0.289. The summed E-state index contributed by atoms with van der Waals surface area (Å²) in [6.07, 6.45) is -0.0673. The van der Waals surface area contributed by atoms with E-state index < -0.39 is 36.2 Å². The molecular weight excluding hydrogens is 368 g/mol. The molecule has 10 heteroatoms. The van der Waals surface area contributed by atoms with Gasteiger partial charge in [0.05, 0.1) is 5.69 Å². The van der Waals surface area contributed by atoms with E-state index in [0.29, 0.717) is 11.2 Å². The minimum Gasteiger partial charge on any atom is -0.431 e. The van der Waals surface area contributed by atoms with Gasteiger partial charge in [-0.05, 0) is 44.7 Å². The zero-order valence-corrected chi connectivity index (χ0v) is 15.5. The number of ether oxygens (including phenoxy) is 3. The monoisotopic (exact) mass is 392 g/mol. The number of carbonyl (C=O) groups excluding carboxylic acids is 1. The number of hydrogen-bond donors (Lipinski definition) is 3. The Morgan fingerprint density at radius 1 is 1.36 bits per heavy atom. The largest absolute Gasteiger partial charge is 0.508 e. The van der Waals surface area contributed by atoms with E-state index in [0.717, 1.165) is 25.7 Å². The second-order valence-corrected chi connectivity index (χ2v) is 7.60. The van der Waals surface area contributed by atoms with Gasteiger partial charge < -0.3 is 30.2 Å². The minimum absolute atomic E-state index is 0.232. The predicted octanol–water partition coefficient (Wildman–Crippen LogP) is 0.959. The third-order valence-electron chi connectivity index (χ3n) is 5.52. The molecular formula is C18H24N4O6. The van der Waals surface area contributed by atoms with Gasteiger partial charge in [0.2, 0.25) is 0 Å². The minimum atomic E-state index is -1.23. The third-order valence-corrected chi connectivity index (χ3v) is 5.52. The molecule has 2 aromatic rings. The Morgan fingerprint density at radius 2 is 2.11 bits per heavy atom. The highest BCUT2D eigenvalue weighted by molar-refractivity contribution is 5.65. The van der Waals surface area contributed by atoms with Gasteiger partial charge >= 0.3 is 6.16 Å². The number of aliphatic hydroxyl groups is 2. The summed E-state index contributed by atoms with van der Waals surface area (Å²) < 4.78 is 17.8. The topological polar surface area (TPSA) is 141 Å². The van der Waals surface area contributed by atoms with Crippen molar-refractivity contribution in [3.8, 4) is 0 Å². The van der Waals surface area contributed by atoms with Gasteiger partial charge in [-0.1, -0.05) is 0 Å². The van der Waals surface area contributed by atoms with E-state index in [1.807, 2.05) is 6.92 Å². The van der Waals surface area contributed by atoms with E-state index in [4.69, 9.17) is 19.9 Å². The van der Waals surface area contributed by atoms with E-state index >= 15 is 0 Å². The smallest absolute Gasteiger partial charge is 0.431 e. The molecule has 1 aliphatic heterocycles. The van der Waals surface area contributed by atoms with Crippen molar-refractivity contribution in [2.45, 2.75) is 62.6 Å². The van der Waals surface area contributed by atoms with E-state index in [1.54, 1.807) is 12.1 Å². The van der Waals surface area contributed by atoms with Crippen LogP contribution in [0.1, 0.15) is 44.4 Å². The van der Waals surface area contributed by atoms with Crippen molar-refractivity contribution in [3.63, 3.8) is 0 Å². The Balaban J connectivity index is 1.41. The molecule has 1 aliphatic carbocycles. The average molecular weight is 392 g/mol. The van der Waals surface area contributed by atoms with Crippen LogP contribution in [0.3, 0.4) is 0 Å². The molecule has 0 bridgehead atoms. The Hall–Kier alpha value is -2.43. The normalized spacial score (nSPS) is 29.2. The van der Waals surface area contributed by atoms with Crippen molar-refractivity contribution in [3.05, 3.63) is 24.2 Å². The molecule has 152 valence electrons. The van der Waals surface area contributed by atoms with Crippen LogP contribution in [0.4, 0.5) is 10.6 Å². The molecule has 4 rings (SSSR count). The molecule has 3 heterocycles. The second-order valence-electron chi connectivity index (χ2n) is 7.60. The van der Waals surface area contributed by atoms with Crippen molar-refractivity contribution >= 4 is 17.5 Å². The van der Waals surface area contributed by atoms with Gasteiger partial charge in [-0.15, -0.1) is 0 Å². The fourth-order valence-corrected chi connectivity index (χ4v) is 3.93. The van der Waals surface area contributed by atoms with Gasteiger partial charge in [-0.25, -0.2) is 14.3 Å². The van der Waals surface area contributed by atoms with Crippen molar-refractivity contribution in [1.29, 1.82) is 0 Å². The number of nitrogens with zero attached hydrogens (tertiary/aromatic N) is 3. The number of nitrogens with two attached hydrogens (primary N) is 1. The summed E-state index contributed by atoms with van der Waals surface area (Å²) in [5, 5.41) is 24.9. The first kappa shape index (κ1) is 18.9. The third kappa shape index (κ3) is 3.38. The number of rotatable bonds is 4. The van der Waals surface area contributed by atoms with Crippen LogP contribution in [0.5, 0.6) is 0 Å². The molecule has 1 saturated heterocycles. The first-order valence-electron chi connectivity index (χ1n) is 9.33. The van der Waals surface area contributed by atoms with E-state index in [-0.39, 0.29) is 12.4 Å².